The average Bonchev–Trinajstić information content (AvgIpc) is 2.27. The summed E-state index contributed by atoms with van der Waals surface area (Å²) < 4.78 is 0. The third-order valence-corrected chi connectivity index (χ3v) is 2.68. The number of rotatable bonds is 4. The van der Waals surface area contributed by atoms with Crippen LogP contribution in [0.3, 0.4) is 0 Å². The van der Waals surface area contributed by atoms with Crippen molar-refractivity contribution >= 4 is 17.3 Å². The molecular weight excluding hydrogens is 208 g/mol. The average molecular weight is 223 g/mol. The monoisotopic (exact) mass is 222 g/mol. The fraction of sp³-hybridized carbons (Fsp3) is 0.417. The maximum absolute atomic E-state index is 8.95. The van der Waals surface area contributed by atoms with Crippen molar-refractivity contribution in [2.75, 3.05) is 5.32 Å². The van der Waals surface area contributed by atoms with E-state index in [0.29, 0.717) is 16.6 Å². The smallest absolute Gasteiger partial charge is 0.101 e. The molecule has 3 heteroatoms. The second-order valence-electron chi connectivity index (χ2n) is 3.46. The molecule has 0 aromatic heterocycles. The van der Waals surface area contributed by atoms with Gasteiger partial charge in [0.05, 0.1) is 11.3 Å². The van der Waals surface area contributed by atoms with Crippen LogP contribution >= 0.6 is 11.6 Å². The van der Waals surface area contributed by atoms with Crippen molar-refractivity contribution in [3.05, 3.63) is 28.8 Å². The molecule has 0 amide bonds. The molecule has 0 bridgehead atoms. The highest BCUT2D eigenvalue weighted by Gasteiger charge is 2.07. The number of benzene rings is 1. The number of hydrogen-bond acceptors (Lipinski definition) is 2. The minimum atomic E-state index is 0.415. The van der Waals surface area contributed by atoms with Crippen molar-refractivity contribution in [2.45, 2.75) is 32.7 Å². The van der Waals surface area contributed by atoms with Gasteiger partial charge in [-0.15, -0.1) is 0 Å². The third-order valence-electron chi connectivity index (χ3n) is 2.45. The van der Waals surface area contributed by atoms with Crippen LogP contribution in [0.2, 0.25) is 5.02 Å². The van der Waals surface area contributed by atoms with E-state index in [4.69, 9.17) is 16.9 Å². The van der Waals surface area contributed by atoms with Crippen LogP contribution in [0.1, 0.15) is 32.3 Å². The molecule has 0 saturated carbocycles. The minimum absolute atomic E-state index is 0.415. The molecule has 0 aliphatic carbocycles. The van der Waals surface area contributed by atoms with Gasteiger partial charge in [-0.2, -0.15) is 5.26 Å². The van der Waals surface area contributed by atoms with Gasteiger partial charge in [0.25, 0.3) is 0 Å². The SMILES string of the molecule is CCC(CC)Nc1ccc(Cl)cc1C#N. The van der Waals surface area contributed by atoms with E-state index >= 15 is 0 Å². The van der Waals surface area contributed by atoms with Gasteiger partial charge in [-0.3, -0.25) is 0 Å². The van der Waals surface area contributed by atoms with E-state index in [9.17, 15) is 0 Å². The van der Waals surface area contributed by atoms with Crippen molar-refractivity contribution in [3.63, 3.8) is 0 Å². The Balaban J connectivity index is 2.90. The van der Waals surface area contributed by atoms with Crippen LogP contribution < -0.4 is 5.32 Å². The van der Waals surface area contributed by atoms with Crippen molar-refractivity contribution < 1.29 is 0 Å². The molecule has 1 N–H and O–H groups in total. The molecule has 0 saturated heterocycles. The predicted octanol–water partition coefficient (Wildman–Crippen LogP) is 3.81. The summed E-state index contributed by atoms with van der Waals surface area (Å²) >= 11 is 5.82. The molecule has 1 aromatic carbocycles. The van der Waals surface area contributed by atoms with E-state index in [1.165, 1.54) is 0 Å². The quantitative estimate of drug-likeness (QED) is 0.841. The number of nitriles is 1. The van der Waals surface area contributed by atoms with Gasteiger partial charge < -0.3 is 5.32 Å². The molecule has 80 valence electrons. The lowest BCUT2D eigenvalue weighted by molar-refractivity contribution is 0.671. The Hall–Kier alpha value is -1.20. The van der Waals surface area contributed by atoms with E-state index in [-0.39, 0.29) is 0 Å². The summed E-state index contributed by atoms with van der Waals surface area (Å²) in [6, 6.07) is 7.90. The fourth-order valence-electron chi connectivity index (χ4n) is 1.45. The van der Waals surface area contributed by atoms with Crippen LogP contribution in [0.4, 0.5) is 5.69 Å². The van der Waals surface area contributed by atoms with Crippen LogP contribution in [0, 0.1) is 11.3 Å². The lowest BCUT2D eigenvalue weighted by Crippen LogP contribution is -2.17. The number of hydrogen-bond donors (Lipinski definition) is 1. The number of halogens is 1. The molecule has 1 rings (SSSR count). The van der Waals surface area contributed by atoms with Crippen LogP contribution in [0.15, 0.2) is 18.2 Å². The molecule has 1 aromatic rings. The van der Waals surface area contributed by atoms with Crippen molar-refractivity contribution in [3.8, 4) is 6.07 Å². The fourth-order valence-corrected chi connectivity index (χ4v) is 1.62. The third kappa shape index (κ3) is 3.14. The molecule has 0 heterocycles. The molecule has 0 atom stereocenters. The molecule has 0 aliphatic rings. The van der Waals surface area contributed by atoms with E-state index in [1.807, 2.05) is 6.07 Å². The first kappa shape index (κ1) is 11.9. The van der Waals surface area contributed by atoms with E-state index < -0.39 is 0 Å². The molecule has 0 fully saturated rings. The van der Waals surface area contributed by atoms with Gasteiger partial charge >= 0.3 is 0 Å². The highest BCUT2D eigenvalue weighted by molar-refractivity contribution is 6.30. The van der Waals surface area contributed by atoms with Gasteiger partial charge in [0, 0.05) is 11.1 Å². The molecule has 0 spiro atoms. The van der Waals surface area contributed by atoms with Crippen LogP contribution in [0.25, 0.3) is 0 Å². The highest BCUT2D eigenvalue weighted by Crippen LogP contribution is 2.21. The second kappa shape index (κ2) is 5.63. The van der Waals surface area contributed by atoms with Crippen molar-refractivity contribution in [1.82, 2.24) is 0 Å². The summed E-state index contributed by atoms with van der Waals surface area (Å²) in [7, 11) is 0. The van der Waals surface area contributed by atoms with E-state index in [1.54, 1.807) is 12.1 Å². The Morgan fingerprint density at radius 2 is 2.07 bits per heavy atom. The number of nitrogens with one attached hydrogen (secondary N) is 1. The molecular formula is C12H15ClN2. The van der Waals surface area contributed by atoms with Crippen LogP contribution in [0.5, 0.6) is 0 Å². The normalized spacial score (nSPS) is 10.1. The minimum Gasteiger partial charge on any atom is -0.381 e. The zero-order chi connectivity index (χ0) is 11.3. The Bertz CT molecular complexity index is 364. The molecule has 0 unspecified atom stereocenters. The van der Waals surface area contributed by atoms with Crippen molar-refractivity contribution in [1.29, 1.82) is 5.26 Å². The lowest BCUT2D eigenvalue weighted by Gasteiger charge is -2.17. The summed E-state index contributed by atoms with van der Waals surface area (Å²) in [5, 5.41) is 12.9. The van der Waals surface area contributed by atoms with Crippen molar-refractivity contribution in [2.24, 2.45) is 0 Å². The predicted molar refractivity (Wildman–Crippen MR) is 64.2 cm³/mol. The van der Waals surface area contributed by atoms with Gasteiger partial charge in [-0.1, -0.05) is 25.4 Å². The molecule has 15 heavy (non-hydrogen) atoms. The molecule has 2 nitrogen and oxygen atoms in total. The van der Waals surface area contributed by atoms with Crippen LogP contribution in [-0.4, -0.2) is 6.04 Å². The largest absolute Gasteiger partial charge is 0.381 e. The van der Waals surface area contributed by atoms with E-state index in [2.05, 4.69) is 25.2 Å². The van der Waals surface area contributed by atoms with E-state index in [0.717, 1.165) is 18.5 Å². The Kier molecular flexibility index (Phi) is 4.45. The summed E-state index contributed by atoms with van der Waals surface area (Å²) in [4.78, 5) is 0. The Morgan fingerprint density at radius 1 is 1.40 bits per heavy atom. The zero-order valence-electron chi connectivity index (χ0n) is 9.05. The number of nitrogens with zero attached hydrogens (tertiary/aromatic N) is 1. The summed E-state index contributed by atoms with van der Waals surface area (Å²) in [6.07, 6.45) is 2.09. The topological polar surface area (TPSA) is 35.8 Å². The van der Waals surface area contributed by atoms with Gasteiger partial charge in [0.15, 0.2) is 0 Å². The summed E-state index contributed by atoms with van der Waals surface area (Å²) in [5.74, 6) is 0. The Morgan fingerprint density at radius 3 is 2.60 bits per heavy atom. The first-order valence-electron chi connectivity index (χ1n) is 5.17. The Labute approximate surface area is 95.9 Å². The van der Waals surface area contributed by atoms with Gasteiger partial charge in [-0.05, 0) is 31.0 Å². The lowest BCUT2D eigenvalue weighted by atomic mass is 10.1. The molecule has 0 radical (unpaired) electrons. The summed E-state index contributed by atoms with van der Waals surface area (Å²) in [5.41, 5.74) is 1.48. The van der Waals surface area contributed by atoms with Gasteiger partial charge in [0.1, 0.15) is 6.07 Å². The highest BCUT2D eigenvalue weighted by atomic mass is 35.5. The second-order valence-corrected chi connectivity index (χ2v) is 3.90. The van der Waals surface area contributed by atoms with Gasteiger partial charge in [0.2, 0.25) is 0 Å². The zero-order valence-corrected chi connectivity index (χ0v) is 9.80. The molecule has 0 aliphatic heterocycles. The summed E-state index contributed by atoms with van der Waals surface area (Å²) in [6.45, 7) is 4.26. The maximum atomic E-state index is 8.95. The number of anilines is 1. The van der Waals surface area contributed by atoms with Gasteiger partial charge in [-0.25, -0.2) is 0 Å². The van der Waals surface area contributed by atoms with Crippen LogP contribution in [-0.2, 0) is 0 Å². The first-order chi connectivity index (χ1) is 7.21. The first-order valence-corrected chi connectivity index (χ1v) is 5.55. The maximum Gasteiger partial charge on any atom is 0.101 e. The standard InChI is InChI=1S/C12H15ClN2/c1-3-11(4-2)15-12-6-5-10(13)7-9(12)8-14/h5-7,11,15H,3-4H2,1-2H3.